The van der Waals surface area contributed by atoms with Crippen LogP contribution in [-0.4, -0.2) is 0 Å². The Morgan fingerprint density at radius 1 is 1.00 bits per heavy atom. The molecule has 0 heterocycles. The predicted molar refractivity (Wildman–Crippen MR) is 94.9 cm³/mol. The Hall–Kier alpha value is -1.04. The molecule has 1 rings (SSSR count). The zero-order chi connectivity index (χ0) is 16.1. The summed E-state index contributed by atoms with van der Waals surface area (Å²) in [5, 5.41) is 0. The SMILES string of the molecule is C=CC.CC.CC(C)C.CCC.Cc1ccccc1. The normalized spacial score (nSPS) is 7.05. The van der Waals surface area contributed by atoms with E-state index in [0.29, 0.717) is 0 Å². The molecule has 0 atom stereocenters. The van der Waals surface area contributed by atoms with Crippen molar-refractivity contribution in [2.24, 2.45) is 5.92 Å². The first-order valence-electron chi connectivity index (χ1n) is 7.54. The van der Waals surface area contributed by atoms with Gasteiger partial charge in [-0.1, -0.05) is 96.9 Å². The zero-order valence-electron chi connectivity index (χ0n) is 15.0. The smallest absolute Gasteiger partial charge is 0.0398 e. The van der Waals surface area contributed by atoms with Crippen LogP contribution in [0.15, 0.2) is 43.0 Å². The summed E-state index contributed by atoms with van der Waals surface area (Å²) in [6.07, 6.45) is 3.00. The molecule has 0 saturated heterocycles. The molecule has 0 fully saturated rings. The van der Waals surface area contributed by atoms with Crippen LogP contribution in [-0.2, 0) is 0 Å². The second-order valence-corrected chi connectivity index (χ2v) is 4.50. The van der Waals surface area contributed by atoms with E-state index < -0.39 is 0 Å². The summed E-state index contributed by atoms with van der Waals surface area (Å²) in [6, 6.07) is 10.3. The Morgan fingerprint density at radius 2 is 1.21 bits per heavy atom. The third-order valence-corrected chi connectivity index (χ3v) is 0.940. The number of hydrogen-bond acceptors (Lipinski definition) is 0. The van der Waals surface area contributed by atoms with E-state index in [1.165, 1.54) is 12.0 Å². The van der Waals surface area contributed by atoms with E-state index in [4.69, 9.17) is 0 Å². The van der Waals surface area contributed by atoms with E-state index in [-0.39, 0.29) is 0 Å². The van der Waals surface area contributed by atoms with Crippen molar-refractivity contribution >= 4 is 0 Å². The lowest BCUT2D eigenvalue weighted by Crippen LogP contribution is -1.66. The number of hydrogen-bond donors (Lipinski definition) is 0. The van der Waals surface area contributed by atoms with Crippen LogP contribution in [0.5, 0.6) is 0 Å². The zero-order valence-corrected chi connectivity index (χ0v) is 15.0. The fraction of sp³-hybridized carbons (Fsp3) is 0.579. The van der Waals surface area contributed by atoms with Gasteiger partial charge in [-0.05, 0) is 19.8 Å². The number of allylic oxidation sites excluding steroid dienone is 1. The molecule has 1 aromatic carbocycles. The van der Waals surface area contributed by atoms with Gasteiger partial charge in [-0.15, -0.1) is 6.58 Å². The monoisotopic (exact) mass is 266 g/mol. The van der Waals surface area contributed by atoms with Gasteiger partial charge in [-0.25, -0.2) is 0 Å². The van der Waals surface area contributed by atoms with E-state index in [2.05, 4.69) is 60.3 Å². The minimum atomic E-state index is 0.833. The van der Waals surface area contributed by atoms with E-state index in [0.717, 1.165) is 5.92 Å². The Bertz CT molecular complexity index is 206. The summed E-state index contributed by atoms with van der Waals surface area (Å²) in [5.74, 6) is 0.833. The molecule has 1 aromatic rings. The molecule has 0 aliphatic rings. The highest BCUT2D eigenvalue weighted by Gasteiger charge is 1.72. The maximum Gasteiger partial charge on any atom is -0.0398 e. The first kappa shape index (κ1) is 26.5. The van der Waals surface area contributed by atoms with Crippen LogP contribution in [0.25, 0.3) is 0 Å². The van der Waals surface area contributed by atoms with Gasteiger partial charge in [0, 0.05) is 0 Å². The fourth-order valence-electron chi connectivity index (χ4n) is 0.534. The standard InChI is InChI=1S/C7H8.C4H10.C3H8.C3H6.C2H6/c1-7-5-3-2-4-6-7;1-4(2)3;2*1-3-2;1-2/h2-6H,1H3;4H,1-3H3;3H2,1-2H3;3H,1H2,2H3;1-2H3. The second-order valence-electron chi connectivity index (χ2n) is 4.50. The Balaban J connectivity index is -0.0000000819. The summed E-state index contributed by atoms with van der Waals surface area (Å²) in [6.45, 7) is 22.1. The second kappa shape index (κ2) is 30.2. The molecule has 0 aliphatic carbocycles. The van der Waals surface area contributed by atoms with Gasteiger partial charge in [-0.2, -0.15) is 0 Å². The van der Waals surface area contributed by atoms with Crippen LogP contribution in [0.3, 0.4) is 0 Å². The summed E-state index contributed by atoms with van der Waals surface area (Å²) < 4.78 is 0. The van der Waals surface area contributed by atoms with Crippen molar-refractivity contribution in [3.63, 3.8) is 0 Å². The summed E-state index contributed by atoms with van der Waals surface area (Å²) in [7, 11) is 0. The molecule has 0 amide bonds. The average Bonchev–Trinajstić information content (AvgIpc) is 2.34. The van der Waals surface area contributed by atoms with Crippen LogP contribution < -0.4 is 0 Å². The summed E-state index contributed by atoms with van der Waals surface area (Å²) in [4.78, 5) is 0. The quantitative estimate of drug-likeness (QED) is 0.432. The van der Waals surface area contributed by atoms with Crippen molar-refractivity contribution in [2.45, 2.75) is 68.7 Å². The van der Waals surface area contributed by atoms with Gasteiger partial charge >= 0.3 is 0 Å². The van der Waals surface area contributed by atoms with Crippen molar-refractivity contribution in [3.05, 3.63) is 48.6 Å². The lowest BCUT2D eigenvalue weighted by Gasteiger charge is -1.82. The molecular weight excluding hydrogens is 228 g/mol. The molecule has 0 nitrogen and oxygen atoms in total. The van der Waals surface area contributed by atoms with E-state index in [1.807, 2.05) is 39.0 Å². The van der Waals surface area contributed by atoms with E-state index >= 15 is 0 Å². The molecule has 0 unspecified atom stereocenters. The average molecular weight is 267 g/mol. The molecule has 0 radical (unpaired) electrons. The van der Waals surface area contributed by atoms with Gasteiger partial charge in [0.15, 0.2) is 0 Å². The first-order chi connectivity index (χ1) is 8.95. The molecule has 19 heavy (non-hydrogen) atoms. The van der Waals surface area contributed by atoms with Gasteiger partial charge in [0.25, 0.3) is 0 Å². The van der Waals surface area contributed by atoms with E-state index in [9.17, 15) is 0 Å². The molecule has 0 heteroatoms. The Morgan fingerprint density at radius 3 is 1.32 bits per heavy atom. The number of rotatable bonds is 0. The highest BCUT2D eigenvalue weighted by molar-refractivity contribution is 5.11. The van der Waals surface area contributed by atoms with Crippen molar-refractivity contribution in [1.82, 2.24) is 0 Å². The van der Waals surface area contributed by atoms with Crippen LogP contribution in [0.2, 0.25) is 0 Å². The minimum Gasteiger partial charge on any atom is -0.103 e. The predicted octanol–water partition coefficient (Wildman–Crippen LogP) is 7.29. The van der Waals surface area contributed by atoms with Crippen molar-refractivity contribution in [2.75, 3.05) is 0 Å². The molecule has 0 N–H and O–H groups in total. The van der Waals surface area contributed by atoms with Gasteiger partial charge in [0.2, 0.25) is 0 Å². The van der Waals surface area contributed by atoms with Crippen molar-refractivity contribution in [1.29, 1.82) is 0 Å². The first-order valence-corrected chi connectivity index (χ1v) is 7.54. The molecule has 0 bridgehead atoms. The van der Waals surface area contributed by atoms with Crippen LogP contribution in [0.4, 0.5) is 0 Å². The fourth-order valence-corrected chi connectivity index (χ4v) is 0.534. The van der Waals surface area contributed by atoms with Crippen molar-refractivity contribution < 1.29 is 0 Å². The number of benzene rings is 1. The third-order valence-electron chi connectivity index (χ3n) is 0.940. The lowest BCUT2D eigenvalue weighted by molar-refractivity contribution is 0.737. The number of aryl methyl sites for hydroxylation is 1. The molecule has 114 valence electrons. The largest absolute Gasteiger partial charge is 0.103 e. The van der Waals surface area contributed by atoms with E-state index in [1.54, 1.807) is 6.08 Å². The Labute approximate surface area is 124 Å². The Kier molecular flexibility index (Phi) is 42.1. The topological polar surface area (TPSA) is 0 Å². The highest BCUT2D eigenvalue weighted by atomic mass is 13.8. The molecule has 0 spiro atoms. The van der Waals surface area contributed by atoms with Crippen molar-refractivity contribution in [3.8, 4) is 0 Å². The van der Waals surface area contributed by atoms with Crippen LogP contribution in [0.1, 0.15) is 67.4 Å². The minimum absolute atomic E-state index is 0.833. The van der Waals surface area contributed by atoms with Gasteiger partial charge < -0.3 is 0 Å². The molecule has 0 saturated carbocycles. The molecule has 0 aromatic heterocycles. The molecular formula is C19H38. The highest BCUT2D eigenvalue weighted by Crippen LogP contribution is 1.92. The maximum atomic E-state index is 3.36. The lowest BCUT2D eigenvalue weighted by atomic mass is 10.2. The van der Waals surface area contributed by atoms with Gasteiger partial charge in [-0.3, -0.25) is 0 Å². The van der Waals surface area contributed by atoms with Crippen LogP contribution >= 0.6 is 0 Å². The third kappa shape index (κ3) is 78.4. The van der Waals surface area contributed by atoms with Crippen LogP contribution in [0, 0.1) is 12.8 Å². The van der Waals surface area contributed by atoms with Gasteiger partial charge in [0.05, 0.1) is 0 Å². The van der Waals surface area contributed by atoms with Gasteiger partial charge in [0.1, 0.15) is 0 Å². The molecule has 0 aliphatic heterocycles. The summed E-state index contributed by atoms with van der Waals surface area (Å²) >= 11 is 0. The maximum absolute atomic E-state index is 3.36. The summed E-state index contributed by atoms with van der Waals surface area (Å²) in [5.41, 5.74) is 1.32.